The number of alkyl halides is 1. The van der Waals surface area contributed by atoms with E-state index in [0.29, 0.717) is 12.3 Å². The van der Waals surface area contributed by atoms with Crippen LogP contribution in [-0.2, 0) is 0 Å². The summed E-state index contributed by atoms with van der Waals surface area (Å²) in [5.41, 5.74) is 0. The molecule has 0 bridgehead atoms. The van der Waals surface area contributed by atoms with Crippen LogP contribution in [0.15, 0.2) is 12.2 Å². The molecule has 0 heterocycles. The fourth-order valence-corrected chi connectivity index (χ4v) is 0.738. The molecule has 0 unspecified atom stereocenters. The maximum Gasteiger partial charge on any atom is 0.118 e. The number of allylic oxidation sites excluding steroid dienone is 2. The molecule has 0 radical (unpaired) electrons. The predicted octanol–water partition coefficient (Wildman–Crippen LogP) is 2.95. The summed E-state index contributed by atoms with van der Waals surface area (Å²) in [6, 6.07) is 0. The Morgan fingerprint density at radius 1 is 1.44 bits per heavy atom. The van der Waals surface area contributed by atoms with Gasteiger partial charge in [-0.1, -0.05) is 26.0 Å². The van der Waals surface area contributed by atoms with E-state index in [1.54, 1.807) is 12.2 Å². The number of halogens is 1. The Morgan fingerprint density at radius 2 is 2.00 bits per heavy atom. The van der Waals surface area contributed by atoms with Gasteiger partial charge in [0, 0.05) is 0 Å². The van der Waals surface area contributed by atoms with Crippen LogP contribution < -0.4 is 0 Å². The third-order valence-corrected chi connectivity index (χ3v) is 1.10. The SMILES string of the molecule is C/C=C\[C@H](F)CC(C)C. The highest BCUT2D eigenvalue weighted by Crippen LogP contribution is 2.08. The third-order valence-electron chi connectivity index (χ3n) is 1.10. The van der Waals surface area contributed by atoms with Gasteiger partial charge < -0.3 is 0 Å². The zero-order valence-electron chi connectivity index (χ0n) is 6.39. The van der Waals surface area contributed by atoms with E-state index in [0.717, 1.165) is 0 Å². The quantitative estimate of drug-likeness (QED) is 0.515. The van der Waals surface area contributed by atoms with Gasteiger partial charge in [-0.15, -0.1) is 0 Å². The Kier molecular flexibility index (Phi) is 4.37. The molecule has 0 aromatic heterocycles. The van der Waals surface area contributed by atoms with Crippen molar-refractivity contribution in [2.24, 2.45) is 5.92 Å². The van der Waals surface area contributed by atoms with Crippen molar-refractivity contribution < 1.29 is 4.39 Å². The lowest BCUT2D eigenvalue weighted by Crippen LogP contribution is -1.99. The molecular weight excluding hydrogens is 115 g/mol. The Morgan fingerprint density at radius 3 is 2.33 bits per heavy atom. The Bertz CT molecular complexity index is 84.6. The minimum atomic E-state index is -0.741. The molecule has 0 rings (SSSR count). The van der Waals surface area contributed by atoms with Crippen molar-refractivity contribution in [1.82, 2.24) is 0 Å². The molecule has 1 atom stereocenters. The van der Waals surface area contributed by atoms with Crippen molar-refractivity contribution >= 4 is 0 Å². The molecule has 54 valence electrons. The lowest BCUT2D eigenvalue weighted by atomic mass is 10.1. The summed E-state index contributed by atoms with van der Waals surface area (Å²) in [4.78, 5) is 0. The van der Waals surface area contributed by atoms with Crippen molar-refractivity contribution in [1.29, 1.82) is 0 Å². The molecule has 0 spiro atoms. The van der Waals surface area contributed by atoms with Gasteiger partial charge in [0.25, 0.3) is 0 Å². The molecule has 0 saturated carbocycles. The Balaban J connectivity index is 3.38. The van der Waals surface area contributed by atoms with E-state index in [2.05, 4.69) is 0 Å². The average molecular weight is 130 g/mol. The van der Waals surface area contributed by atoms with Crippen LogP contribution in [0.1, 0.15) is 27.2 Å². The van der Waals surface area contributed by atoms with Gasteiger partial charge in [0.1, 0.15) is 6.17 Å². The zero-order valence-corrected chi connectivity index (χ0v) is 6.39. The largest absolute Gasteiger partial charge is 0.243 e. The van der Waals surface area contributed by atoms with Crippen molar-refractivity contribution in [3.8, 4) is 0 Å². The van der Waals surface area contributed by atoms with Crippen molar-refractivity contribution in [3.05, 3.63) is 12.2 Å². The summed E-state index contributed by atoms with van der Waals surface area (Å²) in [6.45, 7) is 5.89. The maximum atomic E-state index is 12.6. The summed E-state index contributed by atoms with van der Waals surface area (Å²) < 4.78 is 12.6. The first-order chi connectivity index (χ1) is 4.16. The van der Waals surface area contributed by atoms with E-state index in [-0.39, 0.29) is 0 Å². The number of hydrogen-bond acceptors (Lipinski definition) is 0. The van der Waals surface area contributed by atoms with Crippen LogP contribution in [0.25, 0.3) is 0 Å². The first kappa shape index (κ1) is 8.67. The van der Waals surface area contributed by atoms with E-state index in [9.17, 15) is 4.39 Å². The standard InChI is InChI=1S/C8H15F/c1-4-5-8(9)6-7(2)3/h4-5,7-8H,6H2,1-3H3/b5-4-/t8-/m0/s1. The molecule has 0 nitrogen and oxygen atoms in total. The molecule has 0 N–H and O–H groups in total. The van der Waals surface area contributed by atoms with Gasteiger partial charge in [-0.25, -0.2) is 4.39 Å². The van der Waals surface area contributed by atoms with E-state index >= 15 is 0 Å². The normalized spacial score (nSPS) is 15.2. The van der Waals surface area contributed by atoms with Crippen LogP contribution in [0.5, 0.6) is 0 Å². The van der Waals surface area contributed by atoms with Crippen LogP contribution in [0.4, 0.5) is 4.39 Å². The van der Waals surface area contributed by atoms with Gasteiger partial charge in [0.05, 0.1) is 0 Å². The lowest BCUT2D eigenvalue weighted by Gasteiger charge is -2.04. The molecule has 1 heteroatoms. The average Bonchev–Trinajstić information content (AvgIpc) is 1.63. The van der Waals surface area contributed by atoms with Crippen LogP contribution in [0.2, 0.25) is 0 Å². The summed E-state index contributed by atoms with van der Waals surface area (Å²) >= 11 is 0. The molecule has 0 aromatic carbocycles. The van der Waals surface area contributed by atoms with Crippen LogP contribution in [0.3, 0.4) is 0 Å². The van der Waals surface area contributed by atoms with Gasteiger partial charge in [0.15, 0.2) is 0 Å². The second kappa shape index (κ2) is 4.54. The van der Waals surface area contributed by atoms with E-state index in [1.807, 2.05) is 20.8 Å². The maximum absolute atomic E-state index is 12.6. The van der Waals surface area contributed by atoms with Crippen LogP contribution >= 0.6 is 0 Å². The molecule has 0 aliphatic carbocycles. The fourth-order valence-electron chi connectivity index (χ4n) is 0.738. The summed E-state index contributed by atoms with van der Waals surface area (Å²) in [5.74, 6) is 0.455. The summed E-state index contributed by atoms with van der Waals surface area (Å²) in [7, 11) is 0. The molecule has 0 aromatic rings. The first-order valence-electron chi connectivity index (χ1n) is 3.43. The third kappa shape index (κ3) is 5.54. The topological polar surface area (TPSA) is 0 Å². The molecular formula is C8H15F. The second-order valence-electron chi connectivity index (χ2n) is 2.67. The highest BCUT2D eigenvalue weighted by atomic mass is 19.1. The predicted molar refractivity (Wildman–Crippen MR) is 39.2 cm³/mol. The number of rotatable bonds is 3. The first-order valence-corrected chi connectivity index (χ1v) is 3.43. The minimum absolute atomic E-state index is 0.455. The smallest absolute Gasteiger partial charge is 0.118 e. The van der Waals surface area contributed by atoms with E-state index < -0.39 is 6.17 Å². The summed E-state index contributed by atoms with van der Waals surface area (Å²) in [6.07, 6.45) is 3.26. The Hall–Kier alpha value is -0.330. The molecule has 0 fully saturated rings. The van der Waals surface area contributed by atoms with Gasteiger partial charge in [-0.3, -0.25) is 0 Å². The Labute approximate surface area is 56.8 Å². The second-order valence-corrected chi connectivity index (χ2v) is 2.67. The molecule has 0 amide bonds. The van der Waals surface area contributed by atoms with Crippen LogP contribution in [-0.4, -0.2) is 6.17 Å². The lowest BCUT2D eigenvalue weighted by molar-refractivity contribution is 0.338. The van der Waals surface area contributed by atoms with Gasteiger partial charge >= 0.3 is 0 Å². The minimum Gasteiger partial charge on any atom is -0.243 e. The molecule has 9 heavy (non-hydrogen) atoms. The van der Waals surface area contributed by atoms with Crippen molar-refractivity contribution in [3.63, 3.8) is 0 Å². The molecule has 0 aliphatic rings. The monoisotopic (exact) mass is 130 g/mol. The van der Waals surface area contributed by atoms with Crippen LogP contribution in [0, 0.1) is 5.92 Å². The molecule has 0 saturated heterocycles. The fraction of sp³-hybridized carbons (Fsp3) is 0.750. The number of hydrogen-bond donors (Lipinski definition) is 0. The summed E-state index contributed by atoms with van der Waals surface area (Å²) in [5, 5.41) is 0. The van der Waals surface area contributed by atoms with Gasteiger partial charge in [-0.2, -0.15) is 0 Å². The molecule has 0 aliphatic heterocycles. The van der Waals surface area contributed by atoms with Crippen molar-refractivity contribution in [2.75, 3.05) is 0 Å². The zero-order chi connectivity index (χ0) is 7.28. The van der Waals surface area contributed by atoms with Gasteiger partial charge in [0.2, 0.25) is 0 Å². The van der Waals surface area contributed by atoms with Gasteiger partial charge in [-0.05, 0) is 19.3 Å². The van der Waals surface area contributed by atoms with Crippen molar-refractivity contribution in [2.45, 2.75) is 33.4 Å². The highest BCUT2D eigenvalue weighted by Gasteiger charge is 2.02. The van der Waals surface area contributed by atoms with E-state index in [1.165, 1.54) is 0 Å². The van der Waals surface area contributed by atoms with E-state index in [4.69, 9.17) is 0 Å². The highest BCUT2D eigenvalue weighted by molar-refractivity contribution is 4.85.